The zero-order valence-electron chi connectivity index (χ0n) is 12.3. The molecule has 7 heteroatoms. The van der Waals surface area contributed by atoms with Crippen molar-refractivity contribution in [2.75, 3.05) is 12.4 Å². The molecule has 6 nitrogen and oxygen atoms in total. The maximum atomic E-state index is 9.37. The van der Waals surface area contributed by atoms with Crippen LogP contribution in [-0.2, 0) is 0 Å². The lowest BCUT2D eigenvalue weighted by Gasteiger charge is -2.12. The Hall–Kier alpha value is -2.82. The number of anilines is 2. The SMILES string of the molecule is COc1nccc2c(Nc3ccc(SN)cc3)c(C#N)cnc12. The number of hydrogen-bond acceptors (Lipinski definition) is 7. The van der Waals surface area contributed by atoms with E-state index in [-0.39, 0.29) is 0 Å². The Morgan fingerprint density at radius 1 is 1.22 bits per heavy atom. The second kappa shape index (κ2) is 6.52. The first-order chi connectivity index (χ1) is 11.3. The second-order valence-electron chi connectivity index (χ2n) is 4.64. The molecule has 0 aliphatic heterocycles. The summed E-state index contributed by atoms with van der Waals surface area (Å²) in [6.45, 7) is 0. The monoisotopic (exact) mass is 323 g/mol. The summed E-state index contributed by atoms with van der Waals surface area (Å²) in [6, 6.07) is 11.6. The number of benzene rings is 1. The van der Waals surface area contributed by atoms with Gasteiger partial charge in [0, 0.05) is 28.4 Å². The summed E-state index contributed by atoms with van der Waals surface area (Å²) in [5.74, 6) is 0.421. The maximum absolute atomic E-state index is 9.37. The number of nitrogens with two attached hydrogens (primary N) is 1. The molecule has 0 saturated carbocycles. The van der Waals surface area contributed by atoms with Crippen LogP contribution in [0.15, 0.2) is 47.6 Å². The molecule has 2 heterocycles. The summed E-state index contributed by atoms with van der Waals surface area (Å²) in [5.41, 5.74) is 2.57. The molecule has 0 atom stereocenters. The lowest BCUT2D eigenvalue weighted by atomic mass is 10.1. The van der Waals surface area contributed by atoms with E-state index < -0.39 is 0 Å². The lowest BCUT2D eigenvalue weighted by molar-refractivity contribution is 0.402. The van der Waals surface area contributed by atoms with Crippen molar-refractivity contribution in [1.29, 1.82) is 5.26 Å². The van der Waals surface area contributed by atoms with Gasteiger partial charge in [-0.15, -0.1) is 0 Å². The van der Waals surface area contributed by atoms with Crippen molar-refractivity contribution in [2.45, 2.75) is 4.90 Å². The molecule has 0 radical (unpaired) electrons. The van der Waals surface area contributed by atoms with Crippen molar-refractivity contribution < 1.29 is 4.74 Å². The fourth-order valence-electron chi connectivity index (χ4n) is 2.23. The van der Waals surface area contributed by atoms with Crippen LogP contribution in [0.2, 0.25) is 0 Å². The fraction of sp³-hybridized carbons (Fsp3) is 0.0625. The maximum Gasteiger partial charge on any atom is 0.240 e. The van der Waals surface area contributed by atoms with Crippen LogP contribution in [0.1, 0.15) is 5.56 Å². The van der Waals surface area contributed by atoms with E-state index >= 15 is 0 Å². The van der Waals surface area contributed by atoms with Gasteiger partial charge in [0.1, 0.15) is 11.6 Å². The van der Waals surface area contributed by atoms with Gasteiger partial charge in [-0.1, -0.05) is 0 Å². The van der Waals surface area contributed by atoms with Crippen molar-refractivity contribution in [3.8, 4) is 11.9 Å². The summed E-state index contributed by atoms with van der Waals surface area (Å²) in [7, 11) is 1.54. The fourth-order valence-corrected chi connectivity index (χ4v) is 2.52. The Kier molecular flexibility index (Phi) is 4.28. The highest BCUT2D eigenvalue weighted by molar-refractivity contribution is 7.97. The van der Waals surface area contributed by atoms with Crippen LogP contribution in [0.5, 0.6) is 5.88 Å². The Morgan fingerprint density at radius 3 is 2.65 bits per heavy atom. The third kappa shape index (κ3) is 2.90. The number of fused-ring (bicyclic) bond motifs is 1. The lowest BCUT2D eigenvalue weighted by Crippen LogP contribution is -1.99. The molecule has 0 aliphatic carbocycles. The largest absolute Gasteiger partial charge is 0.479 e. The van der Waals surface area contributed by atoms with E-state index in [9.17, 15) is 5.26 Å². The quantitative estimate of drug-likeness (QED) is 0.711. The first-order valence-corrected chi connectivity index (χ1v) is 7.60. The highest BCUT2D eigenvalue weighted by Gasteiger charge is 2.13. The van der Waals surface area contributed by atoms with Crippen molar-refractivity contribution in [3.05, 3.63) is 48.3 Å². The van der Waals surface area contributed by atoms with Crippen molar-refractivity contribution >= 4 is 34.2 Å². The van der Waals surface area contributed by atoms with Gasteiger partial charge in [-0.3, -0.25) is 5.14 Å². The topological polar surface area (TPSA) is 96.9 Å². The van der Waals surface area contributed by atoms with Gasteiger partial charge in [0.25, 0.3) is 0 Å². The standard InChI is InChI=1S/C16H13N5OS/c1-22-16-15-13(6-7-19-16)14(10(8-17)9-20-15)21-11-2-4-12(23-18)5-3-11/h2-7,9H,18H2,1H3,(H,20,21). The van der Waals surface area contributed by atoms with E-state index in [1.54, 1.807) is 12.3 Å². The second-order valence-corrected chi connectivity index (χ2v) is 5.35. The van der Waals surface area contributed by atoms with Crippen LogP contribution in [0.4, 0.5) is 11.4 Å². The molecule has 114 valence electrons. The number of nitrogens with zero attached hydrogens (tertiary/aromatic N) is 3. The van der Waals surface area contributed by atoms with Crippen molar-refractivity contribution in [2.24, 2.45) is 5.14 Å². The molecular formula is C16H13N5OS. The van der Waals surface area contributed by atoms with Gasteiger partial charge in [-0.05, 0) is 42.3 Å². The Balaban J connectivity index is 2.12. The molecule has 3 N–H and O–H groups in total. The van der Waals surface area contributed by atoms with E-state index in [1.165, 1.54) is 25.3 Å². The smallest absolute Gasteiger partial charge is 0.240 e. The van der Waals surface area contributed by atoms with Crippen LogP contribution in [-0.4, -0.2) is 17.1 Å². The number of hydrogen-bond donors (Lipinski definition) is 2. The van der Waals surface area contributed by atoms with Gasteiger partial charge < -0.3 is 10.1 Å². The summed E-state index contributed by atoms with van der Waals surface area (Å²) in [4.78, 5) is 9.38. The van der Waals surface area contributed by atoms with Gasteiger partial charge in [-0.2, -0.15) is 5.26 Å². The summed E-state index contributed by atoms with van der Waals surface area (Å²) in [6.07, 6.45) is 3.14. The summed E-state index contributed by atoms with van der Waals surface area (Å²) < 4.78 is 5.24. The van der Waals surface area contributed by atoms with Gasteiger partial charge in [-0.25, -0.2) is 9.97 Å². The van der Waals surface area contributed by atoms with E-state index in [4.69, 9.17) is 9.88 Å². The number of aromatic nitrogens is 2. The molecule has 3 aromatic rings. The zero-order chi connectivity index (χ0) is 16.2. The molecule has 2 aromatic heterocycles. The molecule has 0 bridgehead atoms. The number of nitriles is 1. The molecule has 23 heavy (non-hydrogen) atoms. The molecule has 0 saturated heterocycles. The van der Waals surface area contributed by atoms with Crippen LogP contribution < -0.4 is 15.2 Å². The Labute approximate surface area is 137 Å². The molecule has 1 aromatic carbocycles. The third-order valence-electron chi connectivity index (χ3n) is 3.33. The predicted molar refractivity (Wildman–Crippen MR) is 90.6 cm³/mol. The molecule has 0 amide bonds. The Bertz CT molecular complexity index is 889. The first kappa shape index (κ1) is 15.1. The number of pyridine rings is 2. The summed E-state index contributed by atoms with van der Waals surface area (Å²) >= 11 is 1.18. The normalized spacial score (nSPS) is 10.3. The van der Waals surface area contributed by atoms with Gasteiger partial charge in [0.15, 0.2) is 0 Å². The molecule has 3 rings (SSSR count). The van der Waals surface area contributed by atoms with E-state index in [0.717, 1.165) is 16.0 Å². The average molecular weight is 323 g/mol. The van der Waals surface area contributed by atoms with Crippen molar-refractivity contribution in [1.82, 2.24) is 9.97 Å². The minimum absolute atomic E-state index is 0.421. The molecule has 0 fully saturated rings. The van der Waals surface area contributed by atoms with Gasteiger partial charge in [0.2, 0.25) is 5.88 Å². The zero-order valence-corrected chi connectivity index (χ0v) is 13.1. The highest BCUT2D eigenvalue weighted by Crippen LogP contribution is 2.32. The van der Waals surface area contributed by atoms with Crippen LogP contribution in [0.3, 0.4) is 0 Å². The van der Waals surface area contributed by atoms with Crippen molar-refractivity contribution in [3.63, 3.8) is 0 Å². The van der Waals surface area contributed by atoms with E-state index in [1.807, 2.05) is 24.3 Å². The van der Waals surface area contributed by atoms with Gasteiger partial charge >= 0.3 is 0 Å². The van der Waals surface area contributed by atoms with Gasteiger partial charge in [0.05, 0.1) is 18.4 Å². The minimum Gasteiger partial charge on any atom is -0.479 e. The highest BCUT2D eigenvalue weighted by atomic mass is 32.2. The molecule has 0 spiro atoms. The van der Waals surface area contributed by atoms with Crippen LogP contribution in [0.25, 0.3) is 10.9 Å². The summed E-state index contributed by atoms with van der Waals surface area (Å²) in [5, 5.41) is 18.9. The number of rotatable bonds is 4. The third-order valence-corrected chi connectivity index (χ3v) is 3.87. The van der Waals surface area contributed by atoms with Crippen LogP contribution in [0, 0.1) is 11.3 Å². The molecule has 0 aliphatic rings. The minimum atomic E-state index is 0.421. The number of ether oxygens (including phenoxy) is 1. The average Bonchev–Trinajstić information content (AvgIpc) is 2.62. The Morgan fingerprint density at radius 2 is 2.00 bits per heavy atom. The molecule has 0 unspecified atom stereocenters. The predicted octanol–water partition coefficient (Wildman–Crippen LogP) is 3.22. The van der Waals surface area contributed by atoms with E-state index in [0.29, 0.717) is 22.6 Å². The molecular weight excluding hydrogens is 310 g/mol. The number of nitrogens with one attached hydrogen (secondary N) is 1. The first-order valence-electron chi connectivity index (χ1n) is 6.72. The van der Waals surface area contributed by atoms with E-state index in [2.05, 4.69) is 21.4 Å². The van der Waals surface area contributed by atoms with Crippen LogP contribution >= 0.6 is 11.9 Å². The number of methoxy groups -OCH3 is 1.